The van der Waals surface area contributed by atoms with E-state index < -0.39 is 16.7 Å². The minimum absolute atomic E-state index is 0.0874. The van der Waals surface area contributed by atoms with E-state index in [-0.39, 0.29) is 29.4 Å². The zero-order valence-corrected chi connectivity index (χ0v) is 14.1. The van der Waals surface area contributed by atoms with Crippen LogP contribution in [-0.2, 0) is 4.79 Å². The lowest BCUT2D eigenvalue weighted by molar-refractivity contribution is -0.385. The van der Waals surface area contributed by atoms with Crippen molar-refractivity contribution in [3.8, 4) is 11.5 Å². The van der Waals surface area contributed by atoms with E-state index in [2.05, 4.69) is 5.32 Å². The second-order valence-corrected chi connectivity index (χ2v) is 5.33. The molecule has 0 aliphatic rings. The van der Waals surface area contributed by atoms with Crippen molar-refractivity contribution in [2.45, 2.75) is 6.92 Å². The van der Waals surface area contributed by atoms with Crippen LogP contribution in [0.2, 0.25) is 0 Å². The minimum atomic E-state index is -0.644. The molecule has 0 bridgehead atoms. The number of primary amides is 1. The third kappa shape index (κ3) is 4.47. The van der Waals surface area contributed by atoms with Gasteiger partial charge in [-0.25, -0.2) is 0 Å². The maximum Gasteiger partial charge on any atom is 0.274 e. The number of anilines is 1. The molecule has 0 aliphatic heterocycles. The van der Waals surface area contributed by atoms with Gasteiger partial charge in [-0.05, 0) is 31.2 Å². The number of nitrogens with one attached hydrogen (secondary N) is 1. The second kappa shape index (κ2) is 7.97. The molecule has 0 aromatic heterocycles. The Balaban J connectivity index is 2.20. The molecule has 0 saturated heterocycles. The predicted molar refractivity (Wildman–Crippen MR) is 93.5 cm³/mol. The highest BCUT2D eigenvalue weighted by Crippen LogP contribution is 2.29. The Morgan fingerprint density at radius 3 is 2.54 bits per heavy atom. The van der Waals surface area contributed by atoms with Crippen molar-refractivity contribution in [2.24, 2.45) is 5.73 Å². The third-order valence-corrected chi connectivity index (χ3v) is 3.46. The van der Waals surface area contributed by atoms with Crippen LogP contribution in [0.25, 0.3) is 0 Å². The highest BCUT2D eigenvalue weighted by Gasteiger charge is 2.15. The number of carbonyl (C=O) groups excluding carboxylic acids is 2. The fourth-order valence-electron chi connectivity index (χ4n) is 2.16. The lowest BCUT2D eigenvalue weighted by Gasteiger charge is -2.11. The van der Waals surface area contributed by atoms with E-state index >= 15 is 0 Å². The summed E-state index contributed by atoms with van der Waals surface area (Å²) in [5, 5.41) is 13.6. The number of rotatable bonds is 7. The van der Waals surface area contributed by atoms with Crippen molar-refractivity contribution in [3.05, 3.63) is 57.6 Å². The number of nitrogens with zero attached hydrogens (tertiary/aromatic N) is 1. The van der Waals surface area contributed by atoms with Gasteiger partial charge in [-0.1, -0.05) is 6.07 Å². The molecule has 0 aliphatic carbocycles. The van der Waals surface area contributed by atoms with Crippen LogP contribution in [-0.4, -0.2) is 30.5 Å². The molecular weight excluding hydrogens is 342 g/mol. The van der Waals surface area contributed by atoms with Gasteiger partial charge < -0.3 is 20.5 Å². The van der Waals surface area contributed by atoms with Crippen molar-refractivity contribution < 1.29 is 24.0 Å². The van der Waals surface area contributed by atoms with Crippen LogP contribution in [0.5, 0.6) is 11.5 Å². The van der Waals surface area contributed by atoms with E-state index in [0.717, 1.165) is 0 Å². The Kier molecular flexibility index (Phi) is 5.74. The number of hydrogen-bond acceptors (Lipinski definition) is 6. The van der Waals surface area contributed by atoms with Crippen LogP contribution >= 0.6 is 0 Å². The number of nitrogens with two attached hydrogens (primary N) is 1. The molecule has 0 fully saturated rings. The van der Waals surface area contributed by atoms with Crippen molar-refractivity contribution >= 4 is 23.2 Å². The first kappa shape index (κ1) is 18.7. The zero-order valence-electron chi connectivity index (χ0n) is 14.1. The first-order chi connectivity index (χ1) is 12.3. The number of amides is 2. The van der Waals surface area contributed by atoms with E-state index in [1.807, 2.05) is 0 Å². The van der Waals surface area contributed by atoms with Gasteiger partial charge in [0, 0.05) is 22.9 Å². The molecule has 0 heterocycles. The maximum atomic E-state index is 12.4. The fraction of sp³-hybridized carbons (Fsp3) is 0.176. The summed E-state index contributed by atoms with van der Waals surface area (Å²) in [6, 6.07) is 8.77. The van der Waals surface area contributed by atoms with Gasteiger partial charge in [-0.15, -0.1) is 0 Å². The summed E-state index contributed by atoms with van der Waals surface area (Å²) in [5.41, 5.74) is 5.97. The predicted octanol–water partition coefficient (Wildman–Crippen LogP) is 2.03. The molecule has 0 radical (unpaired) electrons. The van der Waals surface area contributed by atoms with Crippen molar-refractivity contribution in [1.29, 1.82) is 0 Å². The third-order valence-electron chi connectivity index (χ3n) is 3.46. The summed E-state index contributed by atoms with van der Waals surface area (Å²) < 4.78 is 10.3. The number of aryl methyl sites for hydroxylation is 1. The van der Waals surface area contributed by atoms with Crippen LogP contribution in [0, 0.1) is 17.0 Å². The standard InChI is InChI=1S/C17H17N3O6/c1-10-3-5-12(8-13(10)20(23)24)19-17(22)11-4-6-14(15(7-11)25-2)26-9-16(18)21/h3-8H,9H2,1-2H3,(H2,18,21)(H,19,22). The monoisotopic (exact) mass is 359 g/mol. The Morgan fingerprint density at radius 1 is 1.19 bits per heavy atom. The molecule has 136 valence electrons. The van der Waals surface area contributed by atoms with Gasteiger partial charge in [0.1, 0.15) is 0 Å². The summed E-state index contributed by atoms with van der Waals surface area (Å²) in [7, 11) is 1.39. The molecular formula is C17H17N3O6. The minimum Gasteiger partial charge on any atom is -0.493 e. The smallest absolute Gasteiger partial charge is 0.274 e. The average molecular weight is 359 g/mol. The van der Waals surface area contributed by atoms with E-state index in [1.165, 1.54) is 31.4 Å². The number of benzene rings is 2. The highest BCUT2D eigenvalue weighted by molar-refractivity contribution is 6.04. The average Bonchev–Trinajstić information content (AvgIpc) is 2.61. The topological polar surface area (TPSA) is 134 Å². The van der Waals surface area contributed by atoms with Gasteiger partial charge in [0.15, 0.2) is 18.1 Å². The summed E-state index contributed by atoms with van der Waals surface area (Å²) in [6.45, 7) is 1.29. The van der Waals surface area contributed by atoms with Crippen LogP contribution in [0.4, 0.5) is 11.4 Å². The van der Waals surface area contributed by atoms with E-state index in [1.54, 1.807) is 19.1 Å². The quantitative estimate of drug-likeness (QED) is 0.574. The number of nitro benzene ring substituents is 1. The Hall–Kier alpha value is -3.62. The van der Waals surface area contributed by atoms with Crippen molar-refractivity contribution in [1.82, 2.24) is 0 Å². The number of nitro groups is 1. The molecule has 9 heteroatoms. The van der Waals surface area contributed by atoms with Gasteiger partial charge in [0.25, 0.3) is 17.5 Å². The molecule has 0 spiro atoms. The van der Waals surface area contributed by atoms with Crippen molar-refractivity contribution in [3.63, 3.8) is 0 Å². The largest absolute Gasteiger partial charge is 0.493 e. The number of methoxy groups -OCH3 is 1. The molecule has 2 aromatic carbocycles. The number of carbonyl (C=O) groups is 2. The van der Waals surface area contributed by atoms with E-state index in [9.17, 15) is 19.7 Å². The van der Waals surface area contributed by atoms with Gasteiger partial charge in [0.05, 0.1) is 12.0 Å². The first-order valence-electron chi connectivity index (χ1n) is 7.47. The second-order valence-electron chi connectivity index (χ2n) is 5.33. The highest BCUT2D eigenvalue weighted by atomic mass is 16.6. The molecule has 2 rings (SSSR count). The molecule has 3 N–H and O–H groups in total. The van der Waals surface area contributed by atoms with Gasteiger partial charge in [-0.2, -0.15) is 0 Å². The summed E-state index contributed by atoms with van der Waals surface area (Å²) in [5.74, 6) is -0.625. The maximum absolute atomic E-state index is 12.4. The Labute approximate surface area is 148 Å². The molecule has 2 aromatic rings. The van der Waals surface area contributed by atoms with Gasteiger partial charge in [0.2, 0.25) is 0 Å². The summed E-state index contributed by atoms with van der Waals surface area (Å²) in [6.07, 6.45) is 0. The SMILES string of the molecule is COc1cc(C(=O)Nc2ccc(C)c([N+](=O)[O-])c2)ccc1OCC(N)=O. The lowest BCUT2D eigenvalue weighted by Crippen LogP contribution is -2.20. The van der Waals surface area contributed by atoms with Crippen LogP contribution in [0.15, 0.2) is 36.4 Å². The molecule has 0 atom stereocenters. The number of ether oxygens (including phenoxy) is 2. The van der Waals surface area contributed by atoms with Crippen LogP contribution in [0.3, 0.4) is 0 Å². The fourth-order valence-corrected chi connectivity index (χ4v) is 2.16. The summed E-state index contributed by atoms with van der Waals surface area (Å²) >= 11 is 0. The molecule has 9 nitrogen and oxygen atoms in total. The molecule has 0 unspecified atom stereocenters. The normalized spacial score (nSPS) is 10.1. The number of hydrogen-bond donors (Lipinski definition) is 2. The van der Waals surface area contributed by atoms with Crippen molar-refractivity contribution in [2.75, 3.05) is 19.0 Å². The van der Waals surface area contributed by atoms with Gasteiger partial charge >= 0.3 is 0 Å². The van der Waals surface area contributed by atoms with Gasteiger partial charge in [-0.3, -0.25) is 19.7 Å². The molecule has 0 saturated carbocycles. The summed E-state index contributed by atoms with van der Waals surface area (Å²) in [4.78, 5) is 33.6. The van der Waals surface area contributed by atoms with E-state index in [4.69, 9.17) is 15.2 Å². The van der Waals surface area contributed by atoms with E-state index in [0.29, 0.717) is 11.3 Å². The molecule has 2 amide bonds. The van der Waals surface area contributed by atoms with Crippen LogP contribution < -0.4 is 20.5 Å². The Bertz CT molecular complexity index is 866. The van der Waals surface area contributed by atoms with Crippen LogP contribution in [0.1, 0.15) is 15.9 Å². The lowest BCUT2D eigenvalue weighted by atomic mass is 10.1. The first-order valence-corrected chi connectivity index (χ1v) is 7.47. The zero-order chi connectivity index (χ0) is 19.3. The Morgan fingerprint density at radius 2 is 1.92 bits per heavy atom. The molecule has 26 heavy (non-hydrogen) atoms.